The number of benzene rings is 1. The summed E-state index contributed by atoms with van der Waals surface area (Å²) in [4.78, 5) is 0. The van der Waals surface area contributed by atoms with E-state index in [4.69, 9.17) is 4.74 Å². The molecule has 2 heteroatoms. The molecule has 0 radical (unpaired) electrons. The van der Waals surface area contributed by atoms with Crippen LogP contribution in [0.3, 0.4) is 0 Å². The van der Waals surface area contributed by atoms with E-state index in [-0.39, 0.29) is 0 Å². The van der Waals surface area contributed by atoms with E-state index >= 15 is 0 Å². The van der Waals surface area contributed by atoms with E-state index in [0.717, 1.165) is 18.9 Å². The van der Waals surface area contributed by atoms with Crippen molar-refractivity contribution < 1.29 is 9.22 Å². The zero-order chi connectivity index (χ0) is 14.0. The summed E-state index contributed by atoms with van der Waals surface area (Å²) in [5, 5.41) is 0. The van der Waals surface area contributed by atoms with Crippen LogP contribution in [-0.2, 0) is 0 Å². The standard InChI is InChI=1S/C17H30NO/c1-4-7-14-18(6-3,13-5-2)15-16-19-17-11-9-8-10-12-17/h8-12H,4-7,13-16H2,1-3H3/q+1. The maximum atomic E-state index is 5.87. The van der Waals surface area contributed by atoms with Gasteiger partial charge in [-0.05, 0) is 31.9 Å². The summed E-state index contributed by atoms with van der Waals surface area (Å²) in [5.74, 6) is 0.990. The molecule has 0 bridgehead atoms. The van der Waals surface area contributed by atoms with E-state index in [1.165, 1.54) is 43.4 Å². The summed E-state index contributed by atoms with van der Waals surface area (Å²) < 4.78 is 7.08. The van der Waals surface area contributed by atoms with E-state index in [9.17, 15) is 0 Å². The maximum absolute atomic E-state index is 5.87. The molecule has 0 spiro atoms. The lowest BCUT2D eigenvalue weighted by molar-refractivity contribution is -0.926. The van der Waals surface area contributed by atoms with Gasteiger partial charge in [0.1, 0.15) is 18.9 Å². The summed E-state index contributed by atoms with van der Waals surface area (Å²) in [6.07, 6.45) is 3.85. The summed E-state index contributed by atoms with van der Waals surface area (Å²) in [5.41, 5.74) is 0. The number of hydrogen-bond donors (Lipinski definition) is 0. The minimum Gasteiger partial charge on any atom is -0.488 e. The Morgan fingerprint density at radius 2 is 1.63 bits per heavy atom. The fourth-order valence-corrected chi connectivity index (χ4v) is 2.65. The predicted molar refractivity (Wildman–Crippen MR) is 82.5 cm³/mol. The number of likely N-dealkylation sites (N-methyl/N-ethyl adjacent to an activating group) is 1. The van der Waals surface area contributed by atoms with E-state index in [1.54, 1.807) is 0 Å². The molecule has 1 rings (SSSR count). The minimum absolute atomic E-state index is 0.821. The van der Waals surface area contributed by atoms with Crippen molar-refractivity contribution in [2.75, 3.05) is 32.8 Å². The molecule has 0 fully saturated rings. The van der Waals surface area contributed by atoms with E-state index < -0.39 is 0 Å². The molecule has 0 saturated heterocycles. The summed E-state index contributed by atoms with van der Waals surface area (Å²) >= 11 is 0. The molecule has 0 aliphatic carbocycles. The lowest BCUT2D eigenvalue weighted by Crippen LogP contribution is -2.51. The van der Waals surface area contributed by atoms with Gasteiger partial charge in [0.25, 0.3) is 0 Å². The third-order valence-corrected chi connectivity index (χ3v) is 3.93. The molecule has 2 nitrogen and oxygen atoms in total. The number of quaternary nitrogens is 1. The van der Waals surface area contributed by atoms with Gasteiger partial charge in [-0.3, -0.25) is 0 Å². The number of ether oxygens (including phenoxy) is 1. The highest BCUT2D eigenvalue weighted by molar-refractivity contribution is 5.20. The summed E-state index contributed by atoms with van der Waals surface area (Å²) in [7, 11) is 0. The average molecular weight is 264 g/mol. The second kappa shape index (κ2) is 8.98. The number of unbranched alkanes of at least 4 members (excludes halogenated alkanes) is 1. The second-order valence-corrected chi connectivity index (χ2v) is 5.34. The molecule has 0 amide bonds. The van der Waals surface area contributed by atoms with Crippen LogP contribution in [0.1, 0.15) is 40.0 Å². The first-order valence-corrected chi connectivity index (χ1v) is 7.79. The fraction of sp³-hybridized carbons (Fsp3) is 0.647. The van der Waals surface area contributed by atoms with Crippen LogP contribution in [0.2, 0.25) is 0 Å². The van der Waals surface area contributed by atoms with Gasteiger partial charge in [0, 0.05) is 0 Å². The maximum Gasteiger partial charge on any atom is 0.137 e. The molecule has 1 aromatic carbocycles. The molecule has 1 atom stereocenters. The van der Waals surface area contributed by atoms with Crippen molar-refractivity contribution in [3.8, 4) is 5.75 Å². The average Bonchev–Trinajstić information content (AvgIpc) is 2.46. The van der Waals surface area contributed by atoms with Gasteiger partial charge >= 0.3 is 0 Å². The van der Waals surface area contributed by atoms with Crippen LogP contribution in [0, 0.1) is 0 Å². The van der Waals surface area contributed by atoms with E-state index in [0.29, 0.717) is 0 Å². The van der Waals surface area contributed by atoms with Crippen LogP contribution in [-0.4, -0.2) is 37.3 Å². The smallest absolute Gasteiger partial charge is 0.137 e. The first-order valence-electron chi connectivity index (χ1n) is 7.79. The lowest BCUT2D eigenvalue weighted by Gasteiger charge is -2.37. The molecular weight excluding hydrogens is 234 g/mol. The molecule has 1 aromatic rings. The third kappa shape index (κ3) is 5.65. The van der Waals surface area contributed by atoms with Gasteiger partial charge in [-0.15, -0.1) is 0 Å². The van der Waals surface area contributed by atoms with E-state index in [1.807, 2.05) is 30.3 Å². The number of nitrogens with zero attached hydrogens (tertiary/aromatic N) is 1. The van der Waals surface area contributed by atoms with Crippen LogP contribution < -0.4 is 4.74 Å². The first kappa shape index (κ1) is 16.0. The Morgan fingerprint density at radius 1 is 0.895 bits per heavy atom. The van der Waals surface area contributed by atoms with Gasteiger partial charge in [0.05, 0.1) is 19.6 Å². The molecule has 0 N–H and O–H groups in total. The highest BCUT2D eigenvalue weighted by Gasteiger charge is 2.23. The van der Waals surface area contributed by atoms with Gasteiger partial charge in [-0.1, -0.05) is 38.5 Å². The zero-order valence-corrected chi connectivity index (χ0v) is 12.9. The molecular formula is C17H30NO+. The van der Waals surface area contributed by atoms with Crippen molar-refractivity contribution in [3.05, 3.63) is 30.3 Å². The van der Waals surface area contributed by atoms with Gasteiger partial charge < -0.3 is 9.22 Å². The Hall–Kier alpha value is -1.02. The highest BCUT2D eigenvalue weighted by Crippen LogP contribution is 2.13. The Morgan fingerprint density at radius 3 is 2.21 bits per heavy atom. The fourth-order valence-electron chi connectivity index (χ4n) is 2.65. The molecule has 0 saturated carbocycles. The van der Waals surface area contributed by atoms with Gasteiger partial charge in [0.2, 0.25) is 0 Å². The Labute approximate surface area is 119 Å². The van der Waals surface area contributed by atoms with Crippen LogP contribution in [0.15, 0.2) is 30.3 Å². The Bertz CT molecular complexity index is 325. The van der Waals surface area contributed by atoms with Crippen molar-refractivity contribution in [1.29, 1.82) is 0 Å². The first-order chi connectivity index (χ1) is 9.26. The van der Waals surface area contributed by atoms with Crippen molar-refractivity contribution >= 4 is 0 Å². The van der Waals surface area contributed by atoms with Gasteiger partial charge in [-0.2, -0.15) is 0 Å². The Balaban J connectivity index is 2.47. The monoisotopic (exact) mass is 264 g/mol. The highest BCUT2D eigenvalue weighted by atomic mass is 16.5. The molecule has 1 unspecified atom stereocenters. The third-order valence-electron chi connectivity index (χ3n) is 3.93. The van der Waals surface area contributed by atoms with Crippen LogP contribution >= 0.6 is 0 Å². The number of hydrogen-bond acceptors (Lipinski definition) is 1. The molecule has 0 aromatic heterocycles. The van der Waals surface area contributed by atoms with Gasteiger partial charge in [-0.25, -0.2) is 0 Å². The molecule has 0 heterocycles. The quantitative estimate of drug-likeness (QED) is 0.578. The second-order valence-electron chi connectivity index (χ2n) is 5.34. The summed E-state index contributed by atoms with van der Waals surface area (Å²) in [6.45, 7) is 12.6. The molecule has 0 aliphatic heterocycles. The zero-order valence-electron chi connectivity index (χ0n) is 12.9. The van der Waals surface area contributed by atoms with Crippen molar-refractivity contribution in [1.82, 2.24) is 0 Å². The van der Waals surface area contributed by atoms with Crippen molar-refractivity contribution in [2.45, 2.75) is 40.0 Å². The van der Waals surface area contributed by atoms with Crippen LogP contribution in [0.5, 0.6) is 5.75 Å². The van der Waals surface area contributed by atoms with Crippen LogP contribution in [0.25, 0.3) is 0 Å². The molecule has 108 valence electrons. The number of rotatable bonds is 10. The largest absolute Gasteiger partial charge is 0.488 e. The topological polar surface area (TPSA) is 9.23 Å². The van der Waals surface area contributed by atoms with Crippen molar-refractivity contribution in [3.63, 3.8) is 0 Å². The van der Waals surface area contributed by atoms with E-state index in [2.05, 4.69) is 20.8 Å². The predicted octanol–water partition coefficient (Wildman–Crippen LogP) is 4.11. The molecule has 19 heavy (non-hydrogen) atoms. The minimum atomic E-state index is 0.821. The summed E-state index contributed by atoms with van der Waals surface area (Å²) in [6, 6.07) is 10.2. The molecule has 0 aliphatic rings. The van der Waals surface area contributed by atoms with Gasteiger partial charge in [0.15, 0.2) is 0 Å². The van der Waals surface area contributed by atoms with Crippen LogP contribution in [0.4, 0.5) is 0 Å². The SMILES string of the molecule is CCCC[N+](CC)(CCC)CCOc1ccccc1. The Kier molecular flexibility index (Phi) is 7.57. The normalized spacial score (nSPS) is 14.1. The number of para-hydroxylation sites is 1. The lowest BCUT2D eigenvalue weighted by atomic mass is 10.2. The van der Waals surface area contributed by atoms with Crippen molar-refractivity contribution in [2.24, 2.45) is 0 Å².